The molecular weight excluding hydrogens is 272 g/mol. The molecule has 0 bridgehead atoms. The van der Waals surface area contributed by atoms with Gasteiger partial charge >= 0.3 is 5.97 Å². The molecule has 1 aliphatic rings. The lowest BCUT2D eigenvalue weighted by atomic mass is 10.1. The van der Waals surface area contributed by atoms with Crippen LogP contribution in [0.25, 0.3) is 10.9 Å². The van der Waals surface area contributed by atoms with Crippen LogP contribution in [-0.4, -0.2) is 20.7 Å². The van der Waals surface area contributed by atoms with E-state index in [2.05, 4.69) is 0 Å². The summed E-state index contributed by atoms with van der Waals surface area (Å²) in [4.78, 5) is 23.0. The number of carboxylic acid groups (broad SMARTS) is 1. The minimum absolute atomic E-state index is 0.143. The Labute approximate surface area is 110 Å². The van der Waals surface area contributed by atoms with Crippen molar-refractivity contribution < 1.29 is 23.8 Å². The number of aromatic carboxylic acids is 1. The first kappa shape index (κ1) is 12.6. The molecule has 0 unspecified atom stereocenters. The van der Waals surface area contributed by atoms with Crippen molar-refractivity contribution in [2.45, 2.75) is 18.9 Å². The Hall–Kier alpha value is -2.44. The van der Waals surface area contributed by atoms with E-state index in [0.29, 0.717) is 18.9 Å². The van der Waals surface area contributed by atoms with Gasteiger partial charge in [-0.3, -0.25) is 4.79 Å². The van der Waals surface area contributed by atoms with Crippen LogP contribution in [0.15, 0.2) is 17.1 Å². The number of phenolic OH excluding ortho intramolecular Hbond substituents is 1. The summed E-state index contributed by atoms with van der Waals surface area (Å²) in [6.07, 6.45) is 2.45. The fraction of sp³-hybridized carbons (Fsp3) is 0.231. The van der Waals surface area contributed by atoms with Gasteiger partial charge in [-0.1, -0.05) is 0 Å². The van der Waals surface area contributed by atoms with E-state index in [4.69, 9.17) is 5.11 Å². The van der Waals surface area contributed by atoms with Crippen molar-refractivity contribution in [2.24, 2.45) is 0 Å². The third-order valence-electron chi connectivity index (χ3n) is 3.35. The molecule has 1 fully saturated rings. The number of carboxylic acids is 1. The van der Waals surface area contributed by atoms with Gasteiger partial charge in [-0.05, 0) is 18.9 Å². The molecule has 1 aliphatic carbocycles. The number of rotatable bonds is 2. The van der Waals surface area contributed by atoms with Crippen molar-refractivity contribution in [1.29, 1.82) is 0 Å². The molecule has 0 radical (unpaired) electrons. The first-order chi connectivity index (χ1) is 9.41. The van der Waals surface area contributed by atoms with Crippen molar-refractivity contribution in [3.05, 3.63) is 39.7 Å². The quantitative estimate of drug-likeness (QED) is 0.882. The first-order valence-corrected chi connectivity index (χ1v) is 5.91. The van der Waals surface area contributed by atoms with Crippen LogP contribution in [0.4, 0.5) is 8.78 Å². The second kappa shape index (κ2) is 4.03. The molecular formula is C13H9F2NO4. The van der Waals surface area contributed by atoms with Crippen LogP contribution >= 0.6 is 0 Å². The van der Waals surface area contributed by atoms with Gasteiger partial charge in [-0.15, -0.1) is 0 Å². The van der Waals surface area contributed by atoms with Crippen molar-refractivity contribution in [1.82, 2.24) is 4.57 Å². The van der Waals surface area contributed by atoms with E-state index >= 15 is 0 Å². The third-order valence-corrected chi connectivity index (χ3v) is 3.35. The smallest absolute Gasteiger partial charge is 0.341 e. The maximum atomic E-state index is 14.0. The minimum Gasteiger partial charge on any atom is -0.503 e. The highest BCUT2D eigenvalue weighted by atomic mass is 19.1. The largest absolute Gasteiger partial charge is 0.503 e. The molecule has 0 atom stereocenters. The van der Waals surface area contributed by atoms with Crippen molar-refractivity contribution in [3.8, 4) is 5.75 Å². The van der Waals surface area contributed by atoms with Gasteiger partial charge in [0.2, 0.25) is 5.43 Å². The Bertz CT molecular complexity index is 808. The second-order valence-corrected chi connectivity index (χ2v) is 4.73. The molecule has 2 aromatic rings. The number of aromatic nitrogens is 1. The van der Waals surface area contributed by atoms with Crippen molar-refractivity contribution >= 4 is 16.9 Å². The number of phenols is 1. The van der Waals surface area contributed by atoms with E-state index in [1.165, 1.54) is 4.57 Å². The number of fused-ring (bicyclic) bond motifs is 1. The molecule has 0 saturated heterocycles. The summed E-state index contributed by atoms with van der Waals surface area (Å²) in [5, 5.41) is 17.9. The molecule has 104 valence electrons. The monoisotopic (exact) mass is 281 g/mol. The van der Waals surface area contributed by atoms with Gasteiger partial charge in [0.15, 0.2) is 17.4 Å². The third kappa shape index (κ3) is 1.66. The summed E-state index contributed by atoms with van der Waals surface area (Å²) in [6, 6.07) is 0.525. The molecule has 1 aromatic carbocycles. The van der Waals surface area contributed by atoms with Crippen LogP contribution in [0.2, 0.25) is 0 Å². The predicted octanol–water partition coefficient (Wildman–Crippen LogP) is 2.02. The van der Waals surface area contributed by atoms with Crippen LogP contribution in [0.1, 0.15) is 29.2 Å². The Kier molecular flexibility index (Phi) is 2.53. The lowest BCUT2D eigenvalue weighted by Crippen LogP contribution is -2.19. The molecule has 7 heteroatoms. The zero-order valence-corrected chi connectivity index (χ0v) is 10.1. The average Bonchev–Trinajstić information content (AvgIpc) is 3.21. The molecule has 5 nitrogen and oxygen atoms in total. The highest BCUT2D eigenvalue weighted by Crippen LogP contribution is 2.39. The molecule has 2 N–H and O–H groups in total. The van der Waals surface area contributed by atoms with Gasteiger partial charge in [0.1, 0.15) is 5.56 Å². The number of hydrogen-bond donors (Lipinski definition) is 2. The molecule has 1 saturated carbocycles. The number of halogens is 2. The Morgan fingerprint density at radius 1 is 1.35 bits per heavy atom. The molecule has 1 heterocycles. The Balaban J connectivity index is 2.52. The maximum absolute atomic E-state index is 14.0. The minimum atomic E-state index is -1.46. The fourth-order valence-electron chi connectivity index (χ4n) is 2.22. The summed E-state index contributed by atoms with van der Waals surface area (Å²) in [7, 11) is 0. The summed E-state index contributed by atoms with van der Waals surface area (Å²) < 4.78 is 28.7. The molecule has 0 amide bonds. The molecule has 1 aromatic heterocycles. The predicted molar refractivity (Wildman–Crippen MR) is 65.0 cm³/mol. The number of hydrogen-bond acceptors (Lipinski definition) is 3. The van der Waals surface area contributed by atoms with E-state index in [1.807, 2.05) is 0 Å². The SMILES string of the molecule is O=C(O)c1cn(C2CC2)c2c(F)c(O)c(F)cc2c1=O. The Morgan fingerprint density at radius 2 is 2.00 bits per heavy atom. The number of pyridine rings is 1. The van der Waals surface area contributed by atoms with Crippen LogP contribution in [-0.2, 0) is 0 Å². The second-order valence-electron chi connectivity index (χ2n) is 4.73. The number of carbonyl (C=O) groups is 1. The van der Waals surface area contributed by atoms with Gasteiger partial charge < -0.3 is 14.8 Å². The van der Waals surface area contributed by atoms with E-state index in [-0.39, 0.29) is 16.9 Å². The van der Waals surface area contributed by atoms with E-state index in [9.17, 15) is 23.5 Å². The van der Waals surface area contributed by atoms with Crippen LogP contribution in [0.3, 0.4) is 0 Å². The summed E-state index contributed by atoms with van der Waals surface area (Å²) in [6.45, 7) is 0. The lowest BCUT2D eigenvalue weighted by molar-refractivity contribution is 0.0695. The van der Waals surface area contributed by atoms with Crippen LogP contribution in [0.5, 0.6) is 5.75 Å². The van der Waals surface area contributed by atoms with Gasteiger partial charge in [-0.2, -0.15) is 0 Å². The van der Waals surface area contributed by atoms with E-state index in [1.54, 1.807) is 0 Å². The number of aromatic hydroxyl groups is 1. The van der Waals surface area contributed by atoms with Crippen LogP contribution in [0, 0.1) is 11.6 Å². The summed E-state index contributed by atoms with van der Waals surface area (Å²) in [5.74, 6) is -5.17. The lowest BCUT2D eigenvalue weighted by Gasteiger charge is -2.13. The first-order valence-electron chi connectivity index (χ1n) is 5.91. The number of nitrogens with zero attached hydrogens (tertiary/aromatic N) is 1. The van der Waals surface area contributed by atoms with Gasteiger partial charge in [-0.25, -0.2) is 13.6 Å². The van der Waals surface area contributed by atoms with E-state index in [0.717, 1.165) is 6.20 Å². The van der Waals surface area contributed by atoms with Gasteiger partial charge in [0, 0.05) is 12.2 Å². The zero-order valence-electron chi connectivity index (χ0n) is 10.1. The van der Waals surface area contributed by atoms with Gasteiger partial charge in [0.05, 0.1) is 10.9 Å². The average molecular weight is 281 g/mol. The normalized spacial score (nSPS) is 14.7. The molecule has 3 rings (SSSR count). The topological polar surface area (TPSA) is 79.5 Å². The van der Waals surface area contributed by atoms with Crippen molar-refractivity contribution in [2.75, 3.05) is 0 Å². The Morgan fingerprint density at radius 3 is 2.55 bits per heavy atom. The summed E-state index contributed by atoms with van der Waals surface area (Å²) in [5.41, 5.74) is -1.78. The number of benzene rings is 1. The molecule has 0 aliphatic heterocycles. The van der Waals surface area contributed by atoms with Crippen molar-refractivity contribution in [3.63, 3.8) is 0 Å². The fourth-order valence-corrected chi connectivity index (χ4v) is 2.22. The van der Waals surface area contributed by atoms with Gasteiger partial charge in [0.25, 0.3) is 0 Å². The molecule has 20 heavy (non-hydrogen) atoms. The van der Waals surface area contributed by atoms with E-state index < -0.39 is 34.3 Å². The standard InChI is InChI=1S/C13H9F2NO4/c14-8-3-6-10(9(15)12(8)18)16(5-1-2-5)4-7(11(6)17)13(19)20/h3-5,18H,1-2H2,(H,19,20). The zero-order chi connectivity index (χ0) is 14.6. The highest BCUT2D eigenvalue weighted by molar-refractivity contribution is 5.93. The highest BCUT2D eigenvalue weighted by Gasteiger charge is 2.29. The maximum Gasteiger partial charge on any atom is 0.341 e. The summed E-state index contributed by atoms with van der Waals surface area (Å²) >= 11 is 0. The van der Waals surface area contributed by atoms with Crippen LogP contribution < -0.4 is 5.43 Å². The molecule has 0 spiro atoms.